The molecular formula is C5H8N2O2S2. The van der Waals surface area contributed by atoms with Crippen molar-refractivity contribution in [2.75, 3.05) is 12.0 Å². The van der Waals surface area contributed by atoms with E-state index >= 15 is 0 Å². The molecule has 0 radical (unpaired) electrons. The van der Waals surface area contributed by atoms with Crippen LogP contribution in [0.1, 0.15) is 0 Å². The zero-order valence-corrected chi connectivity index (χ0v) is 7.58. The van der Waals surface area contributed by atoms with Crippen molar-refractivity contribution >= 4 is 28.0 Å². The van der Waals surface area contributed by atoms with Crippen LogP contribution < -0.4 is 5.73 Å². The lowest BCUT2D eigenvalue weighted by Crippen LogP contribution is -2.08. The molecule has 0 amide bonds. The van der Waals surface area contributed by atoms with Crippen LogP contribution in [0.3, 0.4) is 0 Å². The number of thioether (sulfide) groups is 1. The summed E-state index contributed by atoms with van der Waals surface area (Å²) in [6.07, 6.45) is 3.18. The molecule has 0 unspecified atom stereocenters. The third-order valence-electron chi connectivity index (χ3n) is 1.24. The maximum absolute atomic E-state index is 10.9. The van der Waals surface area contributed by atoms with Crippen LogP contribution in [0.4, 0.5) is 0 Å². The van der Waals surface area contributed by atoms with Gasteiger partial charge in [-0.25, -0.2) is 0 Å². The van der Waals surface area contributed by atoms with Crippen molar-refractivity contribution in [2.45, 2.75) is 0 Å². The van der Waals surface area contributed by atoms with E-state index in [0.717, 1.165) is 0 Å². The molecule has 1 heterocycles. The van der Waals surface area contributed by atoms with Crippen molar-refractivity contribution in [1.82, 2.24) is 0 Å². The maximum atomic E-state index is 10.9. The van der Waals surface area contributed by atoms with E-state index in [2.05, 4.69) is 4.40 Å². The van der Waals surface area contributed by atoms with Gasteiger partial charge in [0.1, 0.15) is 0 Å². The fraction of sp³-hybridized carbons (Fsp3) is 0.400. The van der Waals surface area contributed by atoms with Crippen molar-refractivity contribution in [3.05, 3.63) is 10.6 Å². The van der Waals surface area contributed by atoms with Crippen LogP contribution in [0, 0.1) is 0 Å². The van der Waals surface area contributed by atoms with Crippen molar-refractivity contribution in [1.29, 1.82) is 0 Å². The van der Waals surface area contributed by atoms with Gasteiger partial charge in [0, 0.05) is 17.5 Å². The van der Waals surface area contributed by atoms with E-state index in [4.69, 9.17) is 5.73 Å². The molecule has 0 fully saturated rings. The normalized spacial score (nSPS) is 21.2. The van der Waals surface area contributed by atoms with Gasteiger partial charge >= 0.3 is 0 Å². The lowest BCUT2D eigenvalue weighted by Gasteiger charge is -1.95. The van der Waals surface area contributed by atoms with Crippen LogP contribution in [-0.2, 0) is 10.0 Å². The predicted octanol–water partition coefficient (Wildman–Crippen LogP) is -0.0661. The Hall–Kier alpha value is -0.490. The Kier molecular flexibility index (Phi) is 2.24. The van der Waals surface area contributed by atoms with E-state index in [-0.39, 0.29) is 5.03 Å². The van der Waals surface area contributed by atoms with E-state index < -0.39 is 10.0 Å². The van der Waals surface area contributed by atoms with Crippen molar-refractivity contribution in [2.24, 2.45) is 10.1 Å². The third kappa shape index (κ3) is 1.57. The fourth-order valence-corrected chi connectivity index (χ4v) is 2.15. The molecule has 0 saturated carbocycles. The predicted molar refractivity (Wildman–Crippen MR) is 47.0 cm³/mol. The Labute approximate surface area is 69.6 Å². The minimum Gasteiger partial charge on any atom is -0.388 e. The van der Waals surface area contributed by atoms with Crippen molar-refractivity contribution < 1.29 is 8.42 Å². The van der Waals surface area contributed by atoms with E-state index in [0.29, 0.717) is 11.3 Å². The van der Waals surface area contributed by atoms with Gasteiger partial charge in [0.05, 0.1) is 0 Å². The summed E-state index contributed by atoms with van der Waals surface area (Å²) in [5.41, 5.74) is 5.89. The first-order valence-electron chi connectivity index (χ1n) is 2.86. The third-order valence-corrected chi connectivity index (χ3v) is 3.04. The van der Waals surface area contributed by atoms with Crippen LogP contribution in [0.15, 0.2) is 15.0 Å². The van der Waals surface area contributed by atoms with E-state index in [1.54, 1.807) is 0 Å². The van der Waals surface area contributed by atoms with Crippen LogP contribution in [0.5, 0.6) is 0 Å². The number of sulfonamides is 1. The zero-order valence-electron chi connectivity index (χ0n) is 5.94. The smallest absolute Gasteiger partial charge is 0.297 e. The lowest BCUT2D eigenvalue weighted by atomic mass is 10.4. The Morgan fingerprint density at radius 3 is 2.73 bits per heavy atom. The molecule has 0 aromatic carbocycles. The summed E-state index contributed by atoms with van der Waals surface area (Å²) in [4.78, 5) is 0. The highest BCUT2D eigenvalue weighted by Gasteiger charge is 2.21. The summed E-state index contributed by atoms with van der Waals surface area (Å²) >= 11 is 1.51. The highest BCUT2D eigenvalue weighted by atomic mass is 32.2. The van der Waals surface area contributed by atoms with Gasteiger partial charge in [-0.15, -0.1) is 0 Å². The van der Waals surface area contributed by atoms with Crippen molar-refractivity contribution in [3.63, 3.8) is 0 Å². The second kappa shape index (κ2) is 2.86. The molecule has 1 aliphatic heterocycles. The Balaban J connectivity index is 3.00. The maximum Gasteiger partial charge on any atom is 0.297 e. The first-order chi connectivity index (χ1) is 5.08. The highest BCUT2D eigenvalue weighted by Crippen LogP contribution is 2.17. The summed E-state index contributed by atoms with van der Waals surface area (Å²) in [7, 11) is -3.48. The SMILES string of the molecule is CSCC1=C(N)S(=O)(=O)N=C1. The number of hydrogen-bond acceptors (Lipinski definition) is 4. The standard InChI is InChI=1S/C5H8N2O2S2/c1-10-3-4-2-7-11(8,9)5(4)6/h2H,3,6H2,1H3. The molecule has 62 valence electrons. The molecule has 0 aromatic heterocycles. The quantitative estimate of drug-likeness (QED) is 0.665. The molecule has 0 bridgehead atoms. The van der Waals surface area contributed by atoms with Gasteiger partial charge in [-0.05, 0) is 6.26 Å². The van der Waals surface area contributed by atoms with Gasteiger partial charge in [0.15, 0.2) is 5.03 Å². The van der Waals surface area contributed by atoms with Crippen LogP contribution in [-0.4, -0.2) is 26.6 Å². The number of nitrogens with two attached hydrogens (primary N) is 1. The topological polar surface area (TPSA) is 72.5 Å². The average Bonchev–Trinajstić information content (AvgIpc) is 2.17. The largest absolute Gasteiger partial charge is 0.388 e. The summed E-state index contributed by atoms with van der Waals surface area (Å²) in [6.45, 7) is 0. The summed E-state index contributed by atoms with van der Waals surface area (Å²) < 4.78 is 25.0. The van der Waals surface area contributed by atoms with Gasteiger partial charge in [-0.1, -0.05) is 0 Å². The molecule has 1 rings (SSSR count). The highest BCUT2D eigenvalue weighted by molar-refractivity contribution is 7.99. The molecule has 6 heteroatoms. The van der Waals surface area contributed by atoms with Crippen LogP contribution >= 0.6 is 11.8 Å². The second-order valence-electron chi connectivity index (χ2n) is 2.03. The summed E-state index contributed by atoms with van der Waals surface area (Å²) in [5, 5.41) is -0.105. The fourth-order valence-electron chi connectivity index (χ4n) is 0.683. The molecular weight excluding hydrogens is 184 g/mol. The van der Waals surface area contributed by atoms with Crippen LogP contribution in [0.2, 0.25) is 0 Å². The molecule has 2 N–H and O–H groups in total. The first-order valence-corrected chi connectivity index (χ1v) is 5.69. The first kappa shape index (κ1) is 8.61. The van der Waals surface area contributed by atoms with Gasteiger partial charge in [-0.3, -0.25) is 0 Å². The molecule has 11 heavy (non-hydrogen) atoms. The number of rotatable bonds is 2. The monoisotopic (exact) mass is 192 g/mol. The Morgan fingerprint density at radius 1 is 1.73 bits per heavy atom. The molecule has 4 nitrogen and oxygen atoms in total. The number of hydrogen-bond donors (Lipinski definition) is 1. The molecule has 0 aliphatic carbocycles. The molecule has 0 atom stereocenters. The Morgan fingerprint density at radius 2 is 2.36 bits per heavy atom. The minimum atomic E-state index is -3.48. The van der Waals surface area contributed by atoms with Gasteiger partial charge in [0.25, 0.3) is 10.0 Å². The zero-order chi connectivity index (χ0) is 8.48. The summed E-state index contributed by atoms with van der Waals surface area (Å²) in [5.74, 6) is 0.592. The molecule has 0 saturated heterocycles. The van der Waals surface area contributed by atoms with Gasteiger partial charge in [-0.2, -0.15) is 24.6 Å². The molecule has 0 spiro atoms. The molecule has 1 aliphatic rings. The van der Waals surface area contributed by atoms with E-state index in [9.17, 15) is 8.42 Å². The Bertz CT molecular complexity index is 315. The van der Waals surface area contributed by atoms with Gasteiger partial charge in [0.2, 0.25) is 0 Å². The summed E-state index contributed by atoms with van der Waals surface area (Å²) in [6, 6.07) is 0. The van der Waals surface area contributed by atoms with Crippen LogP contribution in [0.25, 0.3) is 0 Å². The minimum absolute atomic E-state index is 0.105. The second-order valence-corrected chi connectivity index (χ2v) is 4.50. The molecule has 0 aromatic rings. The van der Waals surface area contributed by atoms with E-state index in [1.807, 2.05) is 6.26 Å². The number of nitrogens with zero attached hydrogens (tertiary/aromatic N) is 1. The van der Waals surface area contributed by atoms with E-state index in [1.165, 1.54) is 18.0 Å². The lowest BCUT2D eigenvalue weighted by molar-refractivity contribution is 0.604. The van der Waals surface area contributed by atoms with Gasteiger partial charge < -0.3 is 5.73 Å². The van der Waals surface area contributed by atoms with Crippen molar-refractivity contribution in [3.8, 4) is 0 Å². The average molecular weight is 192 g/mol.